The van der Waals surface area contributed by atoms with Crippen molar-refractivity contribution < 1.29 is 4.79 Å². The van der Waals surface area contributed by atoms with Gasteiger partial charge in [0.1, 0.15) is 18.0 Å². The molecule has 0 aliphatic rings. The Labute approximate surface area is 108 Å². The lowest BCUT2D eigenvalue weighted by molar-refractivity contribution is -0.119. The predicted molar refractivity (Wildman–Crippen MR) is 72.9 cm³/mol. The number of carbonyl (C=O) groups is 1. The number of rotatable bonds is 6. The van der Waals surface area contributed by atoms with Crippen molar-refractivity contribution in [3.05, 3.63) is 11.9 Å². The van der Waals surface area contributed by atoms with Crippen molar-refractivity contribution in [3.63, 3.8) is 0 Å². The highest BCUT2D eigenvalue weighted by molar-refractivity contribution is 5.81. The molecule has 0 unspecified atom stereocenters. The van der Waals surface area contributed by atoms with Gasteiger partial charge in [0.15, 0.2) is 0 Å². The summed E-state index contributed by atoms with van der Waals surface area (Å²) in [5, 5.41) is 5.80. The molecule has 0 aromatic carbocycles. The highest BCUT2D eigenvalue weighted by Crippen LogP contribution is 2.21. The van der Waals surface area contributed by atoms with Crippen molar-refractivity contribution in [1.29, 1.82) is 0 Å². The van der Waals surface area contributed by atoms with E-state index in [9.17, 15) is 4.79 Å². The van der Waals surface area contributed by atoms with Gasteiger partial charge in [-0.3, -0.25) is 4.79 Å². The highest BCUT2D eigenvalue weighted by atomic mass is 16.1. The zero-order valence-electron chi connectivity index (χ0n) is 11.4. The zero-order chi connectivity index (χ0) is 13.5. The first-order chi connectivity index (χ1) is 8.63. The number of hydrogen-bond donors (Lipinski definition) is 2. The van der Waals surface area contributed by atoms with Gasteiger partial charge in [-0.05, 0) is 20.8 Å². The Hall–Kier alpha value is -1.85. The van der Waals surface area contributed by atoms with Crippen LogP contribution in [0.15, 0.2) is 6.33 Å². The molecule has 0 saturated heterocycles. The summed E-state index contributed by atoms with van der Waals surface area (Å²) in [4.78, 5) is 21.9. The van der Waals surface area contributed by atoms with Gasteiger partial charge in [0.2, 0.25) is 5.91 Å². The minimum atomic E-state index is -0.0279. The number of anilines is 2. The lowest BCUT2D eigenvalue weighted by atomic mass is 10.2. The van der Waals surface area contributed by atoms with E-state index in [-0.39, 0.29) is 5.91 Å². The van der Waals surface area contributed by atoms with E-state index < -0.39 is 0 Å². The molecule has 18 heavy (non-hydrogen) atoms. The predicted octanol–water partition coefficient (Wildman–Crippen LogP) is 0.789. The third-order valence-corrected chi connectivity index (χ3v) is 2.70. The van der Waals surface area contributed by atoms with E-state index in [1.165, 1.54) is 6.33 Å². The fourth-order valence-corrected chi connectivity index (χ4v) is 1.69. The second kappa shape index (κ2) is 6.78. The lowest BCUT2D eigenvalue weighted by Crippen LogP contribution is -2.36. The molecular weight excluding hydrogens is 230 g/mol. The van der Waals surface area contributed by atoms with E-state index in [0.717, 1.165) is 30.3 Å². The lowest BCUT2D eigenvalue weighted by Gasteiger charge is -2.23. The van der Waals surface area contributed by atoms with Crippen LogP contribution in [-0.2, 0) is 4.79 Å². The van der Waals surface area contributed by atoms with Crippen molar-refractivity contribution in [3.8, 4) is 0 Å². The van der Waals surface area contributed by atoms with Gasteiger partial charge < -0.3 is 15.5 Å². The van der Waals surface area contributed by atoms with Gasteiger partial charge in [0.05, 0.1) is 6.54 Å². The molecule has 1 aromatic heterocycles. The van der Waals surface area contributed by atoms with Crippen LogP contribution >= 0.6 is 0 Å². The summed E-state index contributed by atoms with van der Waals surface area (Å²) in [7, 11) is 1.63. The van der Waals surface area contributed by atoms with Gasteiger partial charge in [-0.15, -0.1) is 0 Å². The van der Waals surface area contributed by atoms with E-state index in [0.29, 0.717) is 6.54 Å². The Morgan fingerprint density at radius 3 is 2.67 bits per heavy atom. The highest BCUT2D eigenvalue weighted by Gasteiger charge is 2.14. The average molecular weight is 251 g/mol. The standard InChI is InChI=1S/C12H21N5O/c1-5-14-11-9(3)12(16-8-15-11)17(6-2)7-10(18)13-4/h8H,5-7H2,1-4H3,(H,13,18)(H,14,15,16). The Morgan fingerprint density at radius 2 is 2.11 bits per heavy atom. The number of aromatic nitrogens is 2. The molecule has 100 valence electrons. The fourth-order valence-electron chi connectivity index (χ4n) is 1.69. The summed E-state index contributed by atoms with van der Waals surface area (Å²) in [6.07, 6.45) is 1.52. The fraction of sp³-hybridized carbons (Fsp3) is 0.583. The first-order valence-electron chi connectivity index (χ1n) is 6.15. The first-order valence-corrected chi connectivity index (χ1v) is 6.15. The van der Waals surface area contributed by atoms with Crippen molar-refractivity contribution in [2.75, 3.05) is 36.9 Å². The maximum Gasteiger partial charge on any atom is 0.239 e. The van der Waals surface area contributed by atoms with Crippen LogP contribution in [0.3, 0.4) is 0 Å². The zero-order valence-corrected chi connectivity index (χ0v) is 11.4. The largest absolute Gasteiger partial charge is 0.370 e. The van der Waals surface area contributed by atoms with Crippen LogP contribution in [0, 0.1) is 6.92 Å². The quantitative estimate of drug-likeness (QED) is 0.782. The molecule has 6 heteroatoms. The second-order valence-corrected chi connectivity index (χ2v) is 3.89. The van der Waals surface area contributed by atoms with E-state index in [1.807, 2.05) is 25.7 Å². The van der Waals surface area contributed by atoms with E-state index in [1.54, 1.807) is 7.05 Å². The molecule has 1 rings (SSSR count). The number of likely N-dealkylation sites (N-methyl/N-ethyl adjacent to an activating group) is 2. The van der Waals surface area contributed by atoms with Gasteiger partial charge >= 0.3 is 0 Å². The summed E-state index contributed by atoms with van der Waals surface area (Å²) in [6, 6.07) is 0. The van der Waals surface area contributed by atoms with Gasteiger partial charge in [-0.2, -0.15) is 0 Å². The molecule has 2 N–H and O–H groups in total. The van der Waals surface area contributed by atoms with Crippen molar-refractivity contribution >= 4 is 17.5 Å². The molecule has 0 atom stereocenters. The molecule has 1 amide bonds. The van der Waals surface area contributed by atoms with Crippen LogP contribution in [-0.4, -0.2) is 42.6 Å². The minimum absolute atomic E-state index is 0.0279. The third kappa shape index (κ3) is 3.32. The van der Waals surface area contributed by atoms with Crippen LogP contribution in [0.5, 0.6) is 0 Å². The van der Waals surface area contributed by atoms with Gasteiger partial charge in [0, 0.05) is 25.7 Å². The van der Waals surface area contributed by atoms with Crippen LogP contribution in [0.25, 0.3) is 0 Å². The molecule has 1 aromatic rings. The Balaban J connectivity index is 2.98. The SMILES string of the molecule is CCNc1ncnc(N(CC)CC(=O)NC)c1C. The Kier molecular flexibility index (Phi) is 5.35. The van der Waals surface area contributed by atoms with Crippen molar-refractivity contribution in [2.45, 2.75) is 20.8 Å². The summed E-state index contributed by atoms with van der Waals surface area (Å²) in [5.74, 6) is 1.59. The molecule has 0 saturated carbocycles. The Bertz CT molecular complexity index is 407. The van der Waals surface area contributed by atoms with Gasteiger partial charge in [-0.1, -0.05) is 0 Å². The van der Waals surface area contributed by atoms with E-state index >= 15 is 0 Å². The summed E-state index contributed by atoms with van der Waals surface area (Å²) < 4.78 is 0. The monoisotopic (exact) mass is 251 g/mol. The normalized spacial score (nSPS) is 10.0. The van der Waals surface area contributed by atoms with Gasteiger partial charge in [0.25, 0.3) is 0 Å². The molecular formula is C12H21N5O. The molecule has 0 fully saturated rings. The average Bonchev–Trinajstić information content (AvgIpc) is 2.38. The Morgan fingerprint density at radius 1 is 1.39 bits per heavy atom. The number of amides is 1. The van der Waals surface area contributed by atoms with E-state index in [2.05, 4.69) is 20.6 Å². The maximum absolute atomic E-state index is 11.5. The molecule has 0 bridgehead atoms. The molecule has 1 heterocycles. The van der Waals surface area contributed by atoms with Crippen molar-refractivity contribution in [1.82, 2.24) is 15.3 Å². The molecule has 0 aliphatic carbocycles. The molecule has 0 spiro atoms. The third-order valence-electron chi connectivity index (χ3n) is 2.70. The van der Waals surface area contributed by atoms with Crippen LogP contribution < -0.4 is 15.5 Å². The van der Waals surface area contributed by atoms with Crippen LogP contribution in [0.2, 0.25) is 0 Å². The minimum Gasteiger partial charge on any atom is -0.370 e. The van der Waals surface area contributed by atoms with E-state index in [4.69, 9.17) is 0 Å². The number of carbonyl (C=O) groups excluding carboxylic acids is 1. The summed E-state index contributed by atoms with van der Waals surface area (Å²) >= 11 is 0. The number of nitrogens with one attached hydrogen (secondary N) is 2. The molecule has 0 aliphatic heterocycles. The molecule has 0 radical (unpaired) electrons. The van der Waals surface area contributed by atoms with Crippen LogP contribution in [0.1, 0.15) is 19.4 Å². The van der Waals surface area contributed by atoms with Crippen LogP contribution in [0.4, 0.5) is 11.6 Å². The molecule has 6 nitrogen and oxygen atoms in total. The smallest absolute Gasteiger partial charge is 0.239 e. The maximum atomic E-state index is 11.5. The summed E-state index contributed by atoms with van der Waals surface area (Å²) in [5.41, 5.74) is 0.963. The second-order valence-electron chi connectivity index (χ2n) is 3.89. The first kappa shape index (κ1) is 14.2. The van der Waals surface area contributed by atoms with Gasteiger partial charge in [-0.25, -0.2) is 9.97 Å². The van der Waals surface area contributed by atoms with Crippen molar-refractivity contribution in [2.24, 2.45) is 0 Å². The summed E-state index contributed by atoms with van der Waals surface area (Å²) in [6.45, 7) is 7.80. The number of nitrogens with zero attached hydrogens (tertiary/aromatic N) is 3. The topological polar surface area (TPSA) is 70.2 Å². The number of hydrogen-bond acceptors (Lipinski definition) is 5.